The largest absolute Gasteiger partial charge is 0.493 e. The second kappa shape index (κ2) is 7.20. The third-order valence-corrected chi connectivity index (χ3v) is 3.24. The molecule has 0 aliphatic heterocycles. The lowest BCUT2D eigenvalue weighted by Crippen LogP contribution is -1.95. The summed E-state index contributed by atoms with van der Waals surface area (Å²) in [6, 6.07) is 10.8. The number of halogens is 2. The van der Waals surface area contributed by atoms with Crippen LogP contribution in [0.5, 0.6) is 11.5 Å². The van der Waals surface area contributed by atoms with Crippen molar-refractivity contribution in [3.8, 4) is 11.5 Å². The number of anilines is 1. The zero-order chi connectivity index (χ0) is 15.2. The summed E-state index contributed by atoms with van der Waals surface area (Å²) in [5.74, 6) is 1.06. The standard InChI is InChI=1S/C15H14Cl2N2O2/c1-20-14-8-10(7-13(17)15(14)21-2)9-18-19-12-5-3-11(16)4-6-12/h3-9,19H,1-2H3/b18-9-. The number of nitrogens with zero attached hydrogens (tertiary/aromatic N) is 1. The highest BCUT2D eigenvalue weighted by atomic mass is 35.5. The van der Waals surface area contributed by atoms with Crippen molar-refractivity contribution >= 4 is 35.1 Å². The van der Waals surface area contributed by atoms with Crippen LogP contribution in [0, 0.1) is 0 Å². The molecule has 6 heteroatoms. The van der Waals surface area contributed by atoms with E-state index in [1.807, 2.05) is 12.1 Å². The highest BCUT2D eigenvalue weighted by Crippen LogP contribution is 2.35. The van der Waals surface area contributed by atoms with Gasteiger partial charge in [-0.3, -0.25) is 5.43 Å². The molecule has 110 valence electrons. The Morgan fingerprint density at radius 2 is 1.76 bits per heavy atom. The summed E-state index contributed by atoms with van der Waals surface area (Å²) in [5, 5.41) is 5.28. The molecule has 0 bridgehead atoms. The zero-order valence-corrected chi connectivity index (χ0v) is 13.1. The molecule has 0 unspecified atom stereocenters. The Hall–Kier alpha value is -1.91. The summed E-state index contributed by atoms with van der Waals surface area (Å²) in [6.07, 6.45) is 1.64. The molecule has 2 rings (SSSR count). The van der Waals surface area contributed by atoms with Gasteiger partial charge in [0.05, 0.1) is 31.1 Å². The number of hydrogen-bond donors (Lipinski definition) is 1. The lowest BCUT2D eigenvalue weighted by molar-refractivity contribution is 0.355. The van der Waals surface area contributed by atoms with Gasteiger partial charge in [0.2, 0.25) is 0 Å². The molecular weight excluding hydrogens is 311 g/mol. The van der Waals surface area contributed by atoms with Gasteiger partial charge in [0.1, 0.15) is 0 Å². The van der Waals surface area contributed by atoms with Crippen LogP contribution < -0.4 is 14.9 Å². The smallest absolute Gasteiger partial charge is 0.179 e. The molecule has 0 heterocycles. The number of nitrogens with one attached hydrogen (secondary N) is 1. The first-order valence-electron chi connectivity index (χ1n) is 6.10. The van der Waals surface area contributed by atoms with Crippen molar-refractivity contribution in [2.75, 3.05) is 19.6 Å². The van der Waals surface area contributed by atoms with Gasteiger partial charge in [-0.25, -0.2) is 0 Å². The summed E-state index contributed by atoms with van der Waals surface area (Å²) in [5.41, 5.74) is 4.53. The zero-order valence-electron chi connectivity index (χ0n) is 11.6. The Kier molecular flexibility index (Phi) is 5.31. The van der Waals surface area contributed by atoms with Crippen LogP contribution in [0.2, 0.25) is 10.0 Å². The van der Waals surface area contributed by atoms with Crippen molar-refractivity contribution in [1.29, 1.82) is 0 Å². The van der Waals surface area contributed by atoms with Gasteiger partial charge in [0.25, 0.3) is 0 Å². The van der Waals surface area contributed by atoms with Crippen molar-refractivity contribution in [3.05, 3.63) is 52.0 Å². The van der Waals surface area contributed by atoms with Crippen molar-refractivity contribution in [1.82, 2.24) is 0 Å². The van der Waals surface area contributed by atoms with Crippen LogP contribution >= 0.6 is 23.2 Å². The fourth-order valence-corrected chi connectivity index (χ4v) is 2.14. The number of methoxy groups -OCH3 is 2. The van der Waals surface area contributed by atoms with Crippen molar-refractivity contribution < 1.29 is 9.47 Å². The maximum Gasteiger partial charge on any atom is 0.179 e. The quantitative estimate of drug-likeness (QED) is 0.652. The molecule has 0 saturated carbocycles. The molecule has 0 atom stereocenters. The minimum absolute atomic E-state index is 0.463. The SMILES string of the molecule is COc1cc(/C=N\Nc2ccc(Cl)cc2)cc(Cl)c1OC. The van der Waals surface area contributed by atoms with E-state index in [0.717, 1.165) is 11.3 Å². The Bertz CT molecular complexity index is 643. The minimum Gasteiger partial charge on any atom is -0.493 e. The van der Waals surface area contributed by atoms with E-state index in [-0.39, 0.29) is 0 Å². The minimum atomic E-state index is 0.463. The van der Waals surface area contributed by atoms with Gasteiger partial charge in [-0.1, -0.05) is 23.2 Å². The van der Waals surface area contributed by atoms with Crippen LogP contribution in [-0.2, 0) is 0 Å². The Balaban J connectivity index is 2.13. The van der Waals surface area contributed by atoms with Gasteiger partial charge < -0.3 is 9.47 Å². The second-order valence-electron chi connectivity index (χ2n) is 4.12. The first-order valence-corrected chi connectivity index (χ1v) is 6.86. The molecule has 0 spiro atoms. The van der Waals surface area contributed by atoms with Gasteiger partial charge in [0.15, 0.2) is 11.5 Å². The van der Waals surface area contributed by atoms with Gasteiger partial charge >= 0.3 is 0 Å². The van der Waals surface area contributed by atoms with E-state index in [1.54, 1.807) is 44.7 Å². The van der Waals surface area contributed by atoms with Gasteiger partial charge in [-0.15, -0.1) is 0 Å². The maximum absolute atomic E-state index is 6.13. The summed E-state index contributed by atoms with van der Waals surface area (Å²) < 4.78 is 10.4. The molecule has 2 aromatic rings. The van der Waals surface area contributed by atoms with E-state index in [9.17, 15) is 0 Å². The van der Waals surface area contributed by atoms with Crippen LogP contribution in [0.1, 0.15) is 5.56 Å². The molecule has 0 aliphatic carbocycles. The number of hydrazone groups is 1. The number of ether oxygens (including phenoxy) is 2. The monoisotopic (exact) mass is 324 g/mol. The Morgan fingerprint density at radius 3 is 2.38 bits per heavy atom. The number of benzene rings is 2. The Labute approximate surface area is 133 Å². The topological polar surface area (TPSA) is 42.8 Å². The van der Waals surface area contributed by atoms with Crippen molar-refractivity contribution in [2.24, 2.45) is 5.10 Å². The summed E-state index contributed by atoms with van der Waals surface area (Å²) in [6.45, 7) is 0. The predicted molar refractivity (Wildman–Crippen MR) is 87.2 cm³/mol. The molecule has 0 aliphatic rings. The predicted octanol–water partition coefficient (Wildman–Crippen LogP) is 4.46. The van der Waals surface area contributed by atoms with Crippen LogP contribution in [0.3, 0.4) is 0 Å². The molecular formula is C15H14Cl2N2O2. The van der Waals surface area contributed by atoms with Crippen LogP contribution in [0.4, 0.5) is 5.69 Å². The molecule has 0 aromatic heterocycles. The molecule has 4 nitrogen and oxygen atoms in total. The van der Waals surface area contributed by atoms with Crippen molar-refractivity contribution in [3.63, 3.8) is 0 Å². The van der Waals surface area contributed by atoms with Gasteiger partial charge in [0, 0.05) is 5.02 Å². The molecule has 0 radical (unpaired) electrons. The van der Waals surface area contributed by atoms with E-state index < -0.39 is 0 Å². The molecule has 0 fully saturated rings. The van der Waals surface area contributed by atoms with E-state index >= 15 is 0 Å². The fourth-order valence-electron chi connectivity index (χ4n) is 1.72. The first-order chi connectivity index (χ1) is 10.1. The van der Waals surface area contributed by atoms with E-state index in [1.165, 1.54) is 0 Å². The molecule has 0 amide bonds. The summed E-state index contributed by atoms with van der Waals surface area (Å²) in [4.78, 5) is 0. The first kappa shape index (κ1) is 15.5. The van der Waals surface area contributed by atoms with E-state index in [4.69, 9.17) is 32.7 Å². The van der Waals surface area contributed by atoms with Crippen molar-refractivity contribution in [2.45, 2.75) is 0 Å². The third kappa shape index (κ3) is 4.03. The highest BCUT2D eigenvalue weighted by Gasteiger charge is 2.09. The number of hydrogen-bond acceptors (Lipinski definition) is 4. The average Bonchev–Trinajstić information content (AvgIpc) is 2.48. The van der Waals surface area contributed by atoms with Gasteiger partial charge in [-0.05, 0) is 42.0 Å². The second-order valence-corrected chi connectivity index (χ2v) is 4.96. The summed E-state index contributed by atoms with van der Waals surface area (Å²) in [7, 11) is 3.10. The molecule has 1 N–H and O–H groups in total. The average molecular weight is 325 g/mol. The van der Waals surface area contributed by atoms with Gasteiger partial charge in [-0.2, -0.15) is 5.10 Å². The third-order valence-electron chi connectivity index (χ3n) is 2.71. The highest BCUT2D eigenvalue weighted by molar-refractivity contribution is 6.32. The normalized spacial score (nSPS) is 10.7. The fraction of sp³-hybridized carbons (Fsp3) is 0.133. The lowest BCUT2D eigenvalue weighted by atomic mass is 10.2. The maximum atomic E-state index is 6.13. The van der Waals surface area contributed by atoms with E-state index in [2.05, 4.69) is 10.5 Å². The number of rotatable bonds is 5. The Morgan fingerprint density at radius 1 is 1.05 bits per heavy atom. The van der Waals surface area contributed by atoms with Crippen LogP contribution in [0.25, 0.3) is 0 Å². The van der Waals surface area contributed by atoms with E-state index in [0.29, 0.717) is 21.5 Å². The molecule has 0 saturated heterocycles. The summed E-state index contributed by atoms with van der Waals surface area (Å²) >= 11 is 11.9. The van der Waals surface area contributed by atoms with Crippen LogP contribution in [-0.4, -0.2) is 20.4 Å². The molecule has 21 heavy (non-hydrogen) atoms. The lowest BCUT2D eigenvalue weighted by Gasteiger charge is -2.10. The van der Waals surface area contributed by atoms with Crippen LogP contribution in [0.15, 0.2) is 41.5 Å². The molecule has 2 aromatic carbocycles.